The van der Waals surface area contributed by atoms with Crippen molar-refractivity contribution in [2.45, 2.75) is 6.92 Å². The SMILES string of the molecule is Cc1cccc(NC(=O)/C=N/OC(=O)Nc2cccc(Cl)c2)c1. The van der Waals surface area contributed by atoms with Gasteiger partial charge in [0.25, 0.3) is 5.91 Å². The molecule has 0 aromatic heterocycles. The Morgan fingerprint density at radius 2 is 1.78 bits per heavy atom. The molecule has 0 aliphatic heterocycles. The standard InChI is InChI=1S/C16H14ClN3O3/c1-11-4-2-6-13(8-11)19-15(21)10-18-23-16(22)20-14-7-3-5-12(17)9-14/h2-10H,1H3,(H,19,21)(H,20,22)/b18-10+. The van der Waals surface area contributed by atoms with E-state index in [1.807, 2.05) is 19.1 Å². The minimum Gasteiger partial charge on any atom is -0.321 e. The number of amides is 2. The van der Waals surface area contributed by atoms with Crippen LogP contribution in [-0.2, 0) is 9.63 Å². The normalized spacial score (nSPS) is 10.3. The highest BCUT2D eigenvalue weighted by atomic mass is 35.5. The number of anilines is 2. The predicted octanol–water partition coefficient (Wildman–Crippen LogP) is 3.82. The molecule has 0 aliphatic carbocycles. The van der Waals surface area contributed by atoms with Crippen LogP contribution in [0.15, 0.2) is 53.7 Å². The van der Waals surface area contributed by atoms with E-state index < -0.39 is 12.0 Å². The molecule has 0 unspecified atom stereocenters. The van der Waals surface area contributed by atoms with Gasteiger partial charge in [0.1, 0.15) is 6.21 Å². The van der Waals surface area contributed by atoms with Crippen molar-refractivity contribution in [2.75, 3.05) is 10.6 Å². The highest BCUT2D eigenvalue weighted by Crippen LogP contribution is 2.15. The van der Waals surface area contributed by atoms with E-state index in [-0.39, 0.29) is 0 Å². The van der Waals surface area contributed by atoms with E-state index in [9.17, 15) is 9.59 Å². The van der Waals surface area contributed by atoms with Crippen molar-refractivity contribution in [3.05, 3.63) is 59.1 Å². The second-order valence-corrected chi connectivity index (χ2v) is 5.04. The van der Waals surface area contributed by atoms with Gasteiger partial charge in [0, 0.05) is 16.4 Å². The van der Waals surface area contributed by atoms with E-state index >= 15 is 0 Å². The summed E-state index contributed by atoms with van der Waals surface area (Å²) in [5.41, 5.74) is 2.10. The summed E-state index contributed by atoms with van der Waals surface area (Å²) in [5, 5.41) is 8.82. The van der Waals surface area contributed by atoms with Crippen LogP contribution in [0.5, 0.6) is 0 Å². The van der Waals surface area contributed by atoms with Crippen LogP contribution in [0.2, 0.25) is 5.02 Å². The number of hydrogen-bond acceptors (Lipinski definition) is 4. The molecule has 23 heavy (non-hydrogen) atoms. The number of halogens is 1. The van der Waals surface area contributed by atoms with E-state index in [1.54, 1.807) is 36.4 Å². The first kappa shape index (κ1) is 16.5. The average Bonchev–Trinajstić information content (AvgIpc) is 2.47. The average molecular weight is 332 g/mol. The van der Waals surface area contributed by atoms with Crippen LogP contribution in [0.25, 0.3) is 0 Å². The van der Waals surface area contributed by atoms with Crippen molar-refractivity contribution < 1.29 is 14.4 Å². The van der Waals surface area contributed by atoms with Crippen LogP contribution in [0.3, 0.4) is 0 Å². The summed E-state index contributed by atoms with van der Waals surface area (Å²) in [6.07, 6.45) is 0.0479. The van der Waals surface area contributed by atoms with E-state index in [1.165, 1.54) is 0 Å². The number of rotatable bonds is 4. The zero-order valence-electron chi connectivity index (χ0n) is 12.2. The maximum absolute atomic E-state index is 11.6. The van der Waals surface area contributed by atoms with Crippen LogP contribution in [0, 0.1) is 6.92 Å². The van der Waals surface area contributed by atoms with E-state index in [0.29, 0.717) is 16.4 Å². The molecule has 0 fully saturated rings. The molecule has 0 aliphatic rings. The monoisotopic (exact) mass is 331 g/mol. The first-order valence-electron chi connectivity index (χ1n) is 6.67. The van der Waals surface area contributed by atoms with Gasteiger partial charge in [-0.1, -0.05) is 35.0 Å². The van der Waals surface area contributed by atoms with Crippen LogP contribution >= 0.6 is 11.6 Å². The summed E-state index contributed by atoms with van der Waals surface area (Å²) in [4.78, 5) is 27.6. The fourth-order valence-corrected chi connectivity index (χ4v) is 1.92. The number of nitrogens with zero attached hydrogens (tertiary/aromatic N) is 1. The summed E-state index contributed by atoms with van der Waals surface area (Å²) in [6, 6.07) is 13.8. The molecule has 2 aromatic carbocycles. The van der Waals surface area contributed by atoms with Crippen LogP contribution in [0.4, 0.5) is 16.2 Å². The molecule has 2 aromatic rings. The Morgan fingerprint density at radius 1 is 1.09 bits per heavy atom. The number of benzene rings is 2. The summed E-state index contributed by atoms with van der Waals surface area (Å²) in [6.45, 7) is 1.91. The Hall–Kier alpha value is -2.86. The molecule has 0 saturated heterocycles. The number of carbonyl (C=O) groups excluding carboxylic acids is 2. The van der Waals surface area contributed by atoms with Crippen molar-refractivity contribution in [2.24, 2.45) is 5.16 Å². The zero-order valence-corrected chi connectivity index (χ0v) is 13.0. The maximum atomic E-state index is 11.6. The molecule has 6 nitrogen and oxygen atoms in total. The van der Waals surface area contributed by atoms with Gasteiger partial charge in [-0.25, -0.2) is 4.79 Å². The third-order valence-corrected chi connectivity index (χ3v) is 2.90. The third kappa shape index (κ3) is 5.80. The Labute approximate surface area is 138 Å². The zero-order chi connectivity index (χ0) is 16.7. The molecule has 2 rings (SSSR count). The predicted molar refractivity (Wildman–Crippen MR) is 89.9 cm³/mol. The number of nitrogens with one attached hydrogen (secondary N) is 2. The Kier molecular flexibility index (Phi) is 5.71. The topological polar surface area (TPSA) is 79.8 Å². The van der Waals surface area contributed by atoms with Gasteiger partial charge in [-0.2, -0.15) is 0 Å². The molecular formula is C16H14ClN3O3. The van der Waals surface area contributed by atoms with Gasteiger partial charge in [0.05, 0.1) is 0 Å². The molecule has 2 amide bonds. The van der Waals surface area contributed by atoms with Crippen molar-refractivity contribution in [3.63, 3.8) is 0 Å². The minimum absolute atomic E-state index is 0.460. The lowest BCUT2D eigenvalue weighted by molar-refractivity contribution is -0.110. The van der Waals surface area contributed by atoms with Crippen molar-refractivity contribution >= 4 is 41.2 Å². The number of aryl methyl sites for hydroxylation is 1. The largest absolute Gasteiger partial charge is 0.437 e. The molecule has 2 N–H and O–H groups in total. The van der Waals surface area contributed by atoms with Gasteiger partial charge in [-0.3, -0.25) is 14.9 Å². The lowest BCUT2D eigenvalue weighted by Gasteiger charge is -2.03. The highest BCUT2D eigenvalue weighted by Gasteiger charge is 2.04. The lowest BCUT2D eigenvalue weighted by Crippen LogP contribution is -2.15. The molecule has 0 spiro atoms. The smallest absolute Gasteiger partial charge is 0.321 e. The number of hydrogen-bond donors (Lipinski definition) is 2. The fourth-order valence-electron chi connectivity index (χ4n) is 1.73. The quantitative estimate of drug-likeness (QED) is 0.507. The van der Waals surface area contributed by atoms with Gasteiger partial charge in [0.2, 0.25) is 0 Å². The van der Waals surface area contributed by atoms with Crippen molar-refractivity contribution in [1.82, 2.24) is 0 Å². The van der Waals surface area contributed by atoms with Crippen LogP contribution < -0.4 is 10.6 Å². The molecule has 0 heterocycles. The Bertz CT molecular complexity index is 747. The van der Waals surface area contributed by atoms with Gasteiger partial charge in [0.15, 0.2) is 0 Å². The van der Waals surface area contributed by atoms with Gasteiger partial charge in [-0.05, 0) is 42.8 Å². The molecule has 0 radical (unpaired) electrons. The fraction of sp³-hybridized carbons (Fsp3) is 0.0625. The van der Waals surface area contributed by atoms with E-state index in [4.69, 9.17) is 11.6 Å². The number of carbonyl (C=O) groups is 2. The second-order valence-electron chi connectivity index (χ2n) is 4.61. The number of oxime groups is 1. The highest BCUT2D eigenvalue weighted by molar-refractivity contribution is 6.31. The lowest BCUT2D eigenvalue weighted by atomic mass is 10.2. The van der Waals surface area contributed by atoms with E-state index in [0.717, 1.165) is 11.8 Å². The van der Waals surface area contributed by atoms with Crippen LogP contribution in [0.1, 0.15) is 5.56 Å². The summed E-state index contributed by atoms with van der Waals surface area (Å²) in [5.74, 6) is -0.508. The van der Waals surface area contributed by atoms with Gasteiger partial charge < -0.3 is 5.32 Å². The minimum atomic E-state index is -0.827. The molecule has 7 heteroatoms. The third-order valence-electron chi connectivity index (χ3n) is 2.66. The molecular weight excluding hydrogens is 318 g/mol. The van der Waals surface area contributed by atoms with E-state index in [2.05, 4.69) is 20.6 Å². The van der Waals surface area contributed by atoms with Gasteiger partial charge in [-0.15, -0.1) is 0 Å². The molecule has 0 atom stereocenters. The molecule has 0 bridgehead atoms. The Balaban J connectivity index is 1.81. The Morgan fingerprint density at radius 3 is 2.48 bits per heavy atom. The summed E-state index contributed by atoms with van der Waals surface area (Å²) >= 11 is 5.79. The first-order chi connectivity index (χ1) is 11.0. The van der Waals surface area contributed by atoms with Crippen molar-refractivity contribution in [3.8, 4) is 0 Å². The van der Waals surface area contributed by atoms with Gasteiger partial charge >= 0.3 is 6.09 Å². The van der Waals surface area contributed by atoms with Crippen LogP contribution in [-0.4, -0.2) is 18.2 Å². The molecule has 0 saturated carbocycles. The molecule has 118 valence electrons. The summed E-state index contributed by atoms with van der Waals surface area (Å²) < 4.78 is 0. The first-order valence-corrected chi connectivity index (χ1v) is 7.05. The maximum Gasteiger partial charge on any atom is 0.437 e. The second kappa shape index (κ2) is 7.95. The van der Waals surface area contributed by atoms with Crippen molar-refractivity contribution in [1.29, 1.82) is 0 Å². The summed E-state index contributed by atoms with van der Waals surface area (Å²) in [7, 11) is 0.